The first kappa shape index (κ1) is 29.5. The molecule has 2 aromatic heterocycles. The van der Waals surface area contributed by atoms with Gasteiger partial charge in [0.1, 0.15) is 5.75 Å². The summed E-state index contributed by atoms with van der Waals surface area (Å²) in [4.78, 5) is 34.2. The molecule has 7 nitrogen and oxygen atoms in total. The maximum Gasteiger partial charge on any atom is 0.331 e. The number of ether oxygens (including phenoxy) is 2. The molecule has 44 heavy (non-hydrogen) atoms. The number of aromatic nitrogens is 1. The number of halogens is 1. The van der Waals surface area contributed by atoms with Crippen molar-refractivity contribution < 1.29 is 23.5 Å². The highest BCUT2D eigenvalue weighted by atomic mass is 32.1. The lowest BCUT2D eigenvalue weighted by molar-refractivity contribution is -0.126. The van der Waals surface area contributed by atoms with Crippen LogP contribution in [0.3, 0.4) is 0 Å². The number of unbranched alkanes of at least 4 members (excludes halogenated alkanes) is 1. The second-order valence-corrected chi connectivity index (χ2v) is 11.7. The highest BCUT2D eigenvalue weighted by Gasteiger charge is 2.33. The van der Waals surface area contributed by atoms with Gasteiger partial charge in [-0.15, -0.1) is 11.3 Å². The molecule has 1 saturated heterocycles. The van der Waals surface area contributed by atoms with E-state index in [0.717, 1.165) is 52.2 Å². The van der Waals surface area contributed by atoms with Gasteiger partial charge in [0.25, 0.3) is 0 Å². The van der Waals surface area contributed by atoms with Crippen molar-refractivity contribution in [2.75, 3.05) is 31.7 Å². The van der Waals surface area contributed by atoms with E-state index in [1.54, 1.807) is 41.7 Å². The van der Waals surface area contributed by atoms with Gasteiger partial charge in [-0.05, 0) is 66.3 Å². The molecule has 0 radical (unpaired) electrons. The summed E-state index contributed by atoms with van der Waals surface area (Å²) in [5.74, 6) is -0.402. The number of rotatable bonds is 11. The minimum atomic E-state index is -0.586. The summed E-state index contributed by atoms with van der Waals surface area (Å²) in [6, 6.07) is 25.6. The Balaban J connectivity index is 1.12. The van der Waals surface area contributed by atoms with Gasteiger partial charge < -0.3 is 9.47 Å². The van der Waals surface area contributed by atoms with Gasteiger partial charge in [0.15, 0.2) is 11.6 Å². The first-order chi connectivity index (χ1) is 21.5. The van der Waals surface area contributed by atoms with E-state index in [2.05, 4.69) is 29.2 Å². The second-order valence-electron chi connectivity index (χ2n) is 10.6. The molecule has 224 valence electrons. The number of amides is 3. The Hall–Kier alpha value is -4.60. The zero-order valence-corrected chi connectivity index (χ0v) is 25.2. The maximum absolute atomic E-state index is 15.2. The van der Waals surface area contributed by atoms with E-state index in [9.17, 15) is 9.59 Å². The van der Waals surface area contributed by atoms with Crippen LogP contribution >= 0.6 is 11.3 Å². The number of thiophene rings is 1. The number of para-hydroxylation sites is 1. The number of methoxy groups -OCH3 is 1. The average Bonchev–Trinajstić information content (AvgIpc) is 3.66. The fourth-order valence-corrected chi connectivity index (χ4v) is 6.36. The van der Waals surface area contributed by atoms with Crippen LogP contribution in [0, 0.1) is 5.82 Å². The average molecular weight is 610 g/mol. The molecule has 3 heterocycles. The van der Waals surface area contributed by atoms with Crippen LogP contribution in [0.5, 0.6) is 11.5 Å². The number of nitrogens with zero attached hydrogens (tertiary/aromatic N) is 3. The van der Waals surface area contributed by atoms with Crippen LogP contribution in [0.1, 0.15) is 24.0 Å². The molecule has 0 unspecified atom stereocenters. The van der Waals surface area contributed by atoms with Gasteiger partial charge in [0, 0.05) is 49.6 Å². The molecule has 0 bridgehead atoms. The van der Waals surface area contributed by atoms with Gasteiger partial charge in [0.2, 0.25) is 5.91 Å². The quantitative estimate of drug-likeness (QED) is 0.143. The fourth-order valence-electron chi connectivity index (χ4n) is 5.29. The second kappa shape index (κ2) is 13.4. The molecular weight excluding hydrogens is 577 g/mol. The number of carbonyl (C=O) groups excluding carboxylic acids is 2. The monoisotopic (exact) mass is 609 g/mol. The highest BCUT2D eigenvalue weighted by Crippen LogP contribution is 2.39. The van der Waals surface area contributed by atoms with Crippen molar-refractivity contribution in [3.63, 3.8) is 0 Å². The number of hydrogen-bond donors (Lipinski definition) is 0. The minimum Gasteiger partial charge on any atom is -0.453 e. The number of pyridine rings is 1. The Morgan fingerprint density at radius 2 is 1.73 bits per heavy atom. The van der Waals surface area contributed by atoms with Crippen molar-refractivity contribution in [3.05, 3.63) is 108 Å². The molecule has 1 aliphatic rings. The van der Waals surface area contributed by atoms with Crippen molar-refractivity contribution in [1.29, 1.82) is 0 Å². The summed E-state index contributed by atoms with van der Waals surface area (Å²) in [7, 11) is 1.72. The summed E-state index contributed by atoms with van der Waals surface area (Å²) in [6.07, 6.45) is 4.69. The lowest BCUT2D eigenvalue weighted by Crippen LogP contribution is -2.37. The number of aryl methyl sites for hydroxylation is 1. The van der Waals surface area contributed by atoms with E-state index >= 15 is 4.39 Å². The lowest BCUT2D eigenvalue weighted by atomic mass is 10.1. The Morgan fingerprint density at radius 3 is 2.50 bits per heavy atom. The Kier molecular flexibility index (Phi) is 8.95. The third-order valence-corrected chi connectivity index (χ3v) is 8.82. The minimum absolute atomic E-state index is 0.0500. The van der Waals surface area contributed by atoms with E-state index in [1.807, 2.05) is 36.4 Å². The number of hydrogen-bond acceptors (Lipinski definition) is 6. The van der Waals surface area contributed by atoms with Crippen LogP contribution in [0.2, 0.25) is 0 Å². The molecule has 0 aliphatic carbocycles. The number of anilines is 1. The standard InChI is InChI=1S/C35H32FN3O4S/c1-42-20-6-5-7-24-10-13-26(14-11-24)32-23-29-34(44-32)31(16-17-37-29)43-30-15-12-25(21-28(30)36)22-33(40)39-19-18-38(35(39)41)27-8-3-2-4-9-27/h2-4,8-17,21,23H,5-7,18-20,22H2,1H3. The third-order valence-electron chi connectivity index (χ3n) is 7.63. The van der Waals surface area contributed by atoms with Crippen LogP contribution in [-0.2, 0) is 22.4 Å². The molecule has 1 fully saturated rings. The topological polar surface area (TPSA) is 72.0 Å². The molecule has 3 amide bonds. The Labute approximate surface area is 259 Å². The van der Waals surface area contributed by atoms with E-state index in [4.69, 9.17) is 9.47 Å². The van der Waals surface area contributed by atoms with Gasteiger partial charge >= 0.3 is 6.03 Å². The first-order valence-electron chi connectivity index (χ1n) is 14.6. The summed E-state index contributed by atoms with van der Waals surface area (Å²) in [6.45, 7) is 1.48. The molecule has 1 aliphatic heterocycles. The van der Waals surface area contributed by atoms with Gasteiger partial charge in [-0.2, -0.15) is 0 Å². The smallest absolute Gasteiger partial charge is 0.331 e. The predicted molar refractivity (Wildman–Crippen MR) is 171 cm³/mol. The van der Waals surface area contributed by atoms with Crippen LogP contribution in [0.25, 0.3) is 20.7 Å². The van der Waals surface area contributed by atoms with Gasteiger partial charge in [-0.1, -0.05) is 48.5 Å². The molecule has 0 N–H and O–H groups in total. The zero-order chi connectivity index (χ0) is 30.5. The normalized spacial score (nSPS) is 13.2. The SMILES string of the molecule is COCCCCc1ccc(-c2cc3nccc(Oc4ccc(CC(=O)N5CCN(c6ccccc6)C5=O)cc4F)c3s2)cc1. The predicted octanol–water partition coefficient (Wildman–Crippen LogP) is 7.88. The van der Waals surface area contributed by atoms with Crippen molar-refractivity contribution in [2.45, 2.75) is 25.7 Å². The van der Waals surface area contributed by atoms with Gasteiger partial charge in [0.05, 0.1) is 16.6 Å². The lowest BCUT2D eigenvalue weighted by Gasteiger charge is -2.17. The van der Waals surface area contributed by atoms with Crippen molar-refractivity contribution >= 4 is 39.2 Å². The maximum atomic E-state index is 15.2. The van der Waals surface area contributed by atoms with Crippen LogP contribution in [0.4, 0.5) is 14.9 Å². The van der Waals surface area contributed by atoms with Gasteiger partial charge in [-0.3, -0.25) is 19.6 Å². The number of fused-ring (bicyclic) bond motifs is 1. The first-order valence-corrected chi connectivity index (χ1v) is 15.4. The van der Waals surface area contributed by atoms with Crippen molar-refractivity contribution in [3.8, 4) is 21.9 Å². The molecule has 0 spiro atoms. The molecule has 5 aromatic rings. The Morgan fingerprint density at radius 1 is 0.932 bits per heavy atom. The number of urea groups is 1. The fraction of sp³-hybridized carbons (Fsp3) is 0.229. The molecule has 9 heteroatoms. The number of imide groups is 1. The third kappa shape index (κ3) is 6.49. The number of benzene rings is 3. The van der Waals surface area contributed by atoms with Crippen LogP contribution in [-0.4, -0.2) is 48.6 Å². The largest absolute Gasteiger partial charge is 0.453 e. The van der Waals surface area contributed by atoms with Crippen LogP contribution < -0.4 is 9.64 Å². The molecular formula is C35H32FN3O4S. The summed E-state index contributed by atoms with van der Waals surface area (Å²) >= 11 is 1.54. The van der Waals surface area contributed by atoms with E-state index in [-0.39, 0.29) is 30.7 Å². The molecule has 0 saturated carbocycles. The van der Waals surface area contributed by atoms with Crippen molar-refractivity contribution in [2.24, 2.45) is 0 Å². The summed E-state index contributed by atoms with van der Waals surface area (Å²) in [5, 5.41) is 0. The molecule has 6 rings (SSSR count). The van der Waals surface area contributed by atoms with Crippen LogP contribution in [0.15, 0.2) is 91.1 Å². The summed E-state index contributed by atoms with van der Waals surface area (Å²) < 4.78 is 27.2. The van der Waals surface area contributed by atoms with E-state index < -0.39 is 5.82 Å². The van der Waals surface area contributed by atoms with E-state index in [0.29, 0.717) is 17.9 Å². The zero-order valence-electron chi connectivity index (χ0n) is 24.4. The Bertz CT molecular complexity index is 1770. The van der Waals surface area contributed by atoms with E-state index in [1.165, 1.54) is 22.6 Å². The highest BCUT2D eigenvalue weighted by molar-refractivity contribution is 7.22. The summed E-state index contributed by atoms with van der Waals surface area (Å²) in [5.41, 5.74) is 4.35. The molecule has 0 atom stereocenters. The van der Waals surface area contributed by atoms with Gasteiger partial charge in [-0.25, -0.2) is 9.18 Å². The number of carbonyl (C=O) groups is 2. The van der Waals surface area contributed by atoms with Crippen molar-refractivity contribution in [1.82, 2.24) is 9.88 Å². The molecule has 3 aromatic carbocycles.